The van der Waals surface area contributed by atoms with E-state index in [4.69, 9.17) is 18.9 Å². The molecule has 0 aromatic rings. The predicted octanol–water partition coefficient (Wildman–Crippen LogP) is 2.03. The summed E-state index contributed by atoms with van der Waals surface area (Å²) >= 11 is 0. The van der Waals surface area contributed by atoms with Gasteiger partial charge in [0.2, 0.25) is 0 Å². The second-order valence-corrected chi connectivity index (χ2v) is 8.66. The topological polar surface area (TPSA) is 125 Å². The average molecular weight is 465 g/mol. The molecule has 0 aromatic carbocycles. The normalized spacial score (nSPS) is 25.6. The molecule has 0 saturated carbocycles. The van der Waals surface area contributed by atoms with Crippen molar-refractivity contribution in [1.82, 2.24) is 0 Å². The molecule has 4 atom stereocenters. The van der Waals surface area contributed by atoms with Gasteiger partial charge in [-0.05, 0) is 24.5 Å². The third-order valence-corrected chi connectivity index (χ3v) is 5.51. The van der Waals surface area contributed by atoms with Gasteiger partial charge >= 0.3 is 23.9 Å². The van der Waals surface area contributed by atoms with Gasteiger partial charge in [0.25, 0.3) is 0 Å². The second kappa shape index (κ2) is 11.3. The van der Waals surface area contributed by atoms with Crippen molar-refractivity contribution in [3.8, 4) is 0 Å². The molecule has 9 heteroatoms. The number of rotatable bonds is 6. The quantitative estimate of drug-likeness (QED) is 0.272. The molecule has 1 N–H and O–H groups in total. The van der Waals surface area contributed by atoms with E-state index < -0.39 is 59.9 Å². The Morgan fingerprint density at radius 3 is 2.30 bits per heavy atom. The van der Waals surface area contributed by atoms with Crippen molar-refractivity contribution >= 4 is 23.9 Å². The van der Waals surface area contributed by atoms with Crippen LogP contribution in [-0.4, -0.2) is 61.0 Å². The Hall–Kier alpha value is -2.94. The molecule has 33 heavy (non-hydrogen) atoms. The van der Waals surface area contributed by atoms with E-state index >= 15 is 0 Å². The van der Waals surface area contributed by atoms with Crippen molar-refractivity contribution < 1.29 is 43.2 Å². The van der Waals surface area contributed by atoms with Crippen molar-refractivity contribution in [3.63, 3.8) is 0 Å². The smallest absolute Gasteiger partial charge is 0.337 e. The van der Waals surface area contributed by atoms with Gasteiger partial charge in [0.1, 0.15) is 6.10 Å². The van der Waals surface area contributed by atoms with E-state index in [1.165, 1.54) is 13.2 Å². The van der Waals surface area contributed by atoms with Crippen molar-refractivity contribution in [3.05, 3.63) is 35.5 Å². The molecule has 2 aliphatic rings. The Morgan fingerprint density at radius 1 is 1.15 bits per heavy atom. The Labute approximate surface area is 193 Å². The van der Waals surface area contributed by atoms with Gasteiger partial charge in [-0.25, -0.2) is 9.59 Å². The molecule has 0 aromatic heterocycles. The lowest BCUT2D eigenvalue weighted by atomic mass is 9.83. The van der Waals surface area contributed by atoms with Crippen molar-refractivity contribution in [2.75, 3.05) is 13.7 Å². The number of ether oxygens (including phenoxy) is 4. The van der Waals surface area contributed by atoms with E-state index in [1.54, 1.807) is 33.8 Å². The first-order valence-corrected chi connectivity index (χ1v) is 10.9. The minimum atomic E-state index is -1.36. The number of fused-ring (bicyclic) bond motifs is 1. The Balaban J connectivity index is 2.73. The summed E-state index contributed by atoms with van der Waals surface area (Å²) in [6.07, 6.45) is 0.174. The first-order chi connectivity index (χ1) is 15.5. The maximum absolute atomic E-state index is 12.7. The Morgan fingerprint density at radius 2 is 1.76 bits per heavy atom. The number of allylic oxidation sites excluding steroid dienone is 1. The van der Waals surface area contributed by atoms with E-state index in [0.717, 1.165) is 0 Å². The zero-order chi connectivity index (χ0) is 24.9. The SMILES string of the molecule is C=C1C(=O)OC2C=C(CO)CCC=C(C(=O)OC)C(OC(=O)C(C)C)C(OC(=O)C(C)C)C12. The summed E-state index contributed by atoms with van der Waals surface area (Å²) in [6.45, 7) is 10.0. The monoisotopic (exact) mass is 464 g/mol. The highest BCUT2D eigenvalue weighted by molar-refractivity contribution is 5.93. The highest BCUT2D eigenvalue weighted by Gasteiger charge is 2.51. The largest absolute Gasteiger partial charge is 0.466 e. The van der Waals surface area contributed by atoms with Crippen LogP contribution in [0.2, 0.25) is 0 Å². The third kappa shape index (κ3) is 6.10. The molecule has 9 nitrogen and oxygen atoms in total. The molecule has 1 heterocycles. The maximum atomic E-state index is 12.7. The minimum absolute atomic E-state index is 0.00508. The number of carbonyl (C=O) groups excluding carboxylic acids is 4. The zero-order valence-corrected chi connectivity index (χ0v) is 19.7. The van der Waals surface area contributed by atoms with E-state index in [-0.39, 0.29) is 17.8 Å². The summed E-state index contributed by atoms with van der Waals surface area (Å²) < 4.78 is 21.8. The molecule has 1 aliphatic carbocycles. The fourth-order valence-electron chi connectivity index (χ4n) is 3.59. The molecule has 4 unspecified atom stereocenters. The van der Waals surface area contributed by atoms with Gasteiger partial charge in [-0.1, -0.05) is 40.3 Å². The molecular weight excluding hydrogens is 432 g/mol. The molecule has 0 bridgehead atoms. The molecule has 1 fully saturated rings. The minimum Gasteiger partial charge on any atom is -0.466 e. The summed E-state index contributed by atoms with van der Waals surface area (Å²) in [6, 6.07) is 0. The molecule has 1 aliphatic heterocycles. The predicted molar refractivity (Wildman–Crippen MR) is 116 cm³/mol. The van der Waals surface area contributed by atoms with Crippen LogP contribution in [0, 0.1) is 17.8 Å². The van der Waals surface area contributed by atoms with Gasteiger partial charge in [-0.2, -0.15) is 0 Å². The lowest BCUT2D eigenvalue weighted by molar-refractivity contribution is -0.175. The standard InChI is InChI=1S/C24H32O9/c1-12(2)21(26)32-19-16(24(29)30-6)9-7-8-15(11-25)10-17-18(14(5)23(28)31-17)20(19)33-22(27)13(3)4/h9-10,12-13,17-20,25H,5,7-8,11H2,1-4,6H3. The molecule has 2 rings (SSSR count). The van der Waals surface area contributed by atoms with Gasteiger partial charge in [0.15, 0.2) is 12.2 Å². The van der Waals surface area contributed by atoms with Crippen molar-refractivity contribution in [2.45, 2.75) is 58.8 Å². The number of esters is 4. The van der Waals surface area contributed by atoms with Crippen LogP contribution in [0.1, 0.15) is 40.5 Å². The van der Waals surface area contributed by atoms with Crippen molar-refractivity contribution in [2.24, 2.45) is 17.8 Å². The van der Waals surface area contributed by atoms with Gasteiger partial charge < -0.3 is 24.1 Å². The van der Waals surface area contributed by atoms with E-state index in [0.29, 0.717) is 18.4 Å². The van der Waals surface area contributed by atoms with Crippen LogP contribution in [0.15, 0.2) is 35.5 Å². The zero-order valence-electron chi connectivity index (χ0n) is 19.7. The lowest BCUT2D eigenvalue weighted by Gasteiger charge is -2.34. The number of hydrogen-bond donors (Lipinski definition) is 1. The van der Waals surface area contributed by atoms with Crippen LogP contribution in [0.5, 0.6) is 0 Å². The summed E-state index contributed by atoms with van der Waals surface area (Å²) in [5.74, 6) is -4.77. The van der Waals surface area contributed by atoms with Crippen LogP contribution >= 0.6 is 0 Å². The molecule has 0 spiro atoms. The highest BCUT2D eigenvalue weighted by atomic mass is 16.6. The number of methoxy groups -OCH3 is 1. The molecule has 182 valence electrons. The van der Waals surface area contributed by atoms with Gasteiger partial charge in [-0.3, -0.25) is 9.59 Å². The van der Waals surface area contributed by atoms with Gasteiger partial charge in [-0.15, -0.1) is 0 Å². The highest BCUT2D eigenvalue weighted by Crippen LogP contribution is 2.38. The maximum Gasteiger partial charge on any atom is 0.337 e. The number of aliphatic hydroxyl groups excluding tert-OH is 1. The molecule has 1 saturated heterocycles. The number of hydrogen-bond acceptors (Lipinski definition) is 9. The first kappa shape index (κ1) is 26.3. The fraction of sp³-hybridized carbons (Fsp3) is 0.583. The van der Waals surface area contributed by atoms with Crippen LogP contribution in [-0.2, 0) is 38.1 Å². The van der Waals surface area contributed by atoms with Crippen LogP contribution in [0.3, 0.4) is 0 Å². The summed E-state index contributed by atoms with van der Waals surface area (Å²) in [5.41, 5.74) is 0.545. The van der Waals surface area contributed by atoms with Crippen molar-refractivity contribution in [1.29, 1.82) is 0 Å². The Bertz CT molecular complexity index is 865. The first-order valence-electron chi connectivity index (χ1n) is 10.9. The van der Waals surface area contributed by atoms with Crippen LogP contribution in [0.4, 0.5) is 0 Å². The van der Waals surface area contributed by atoms with E-state index in [9.17, 15) is 24.3 Å². The number of aliphatic hydroxyl groups is 1. The Kier molecular flexibility index (Phi) is 8.99. The molecule has 0 radical (unpaired) electrons. The van der Waals surface area contributed by atoms with Gasteiger partial charge in [0.05, 0.1) is 37.0 Å². The second-order valence-electron chi connectivity index (χ2n) is 8.66. The summed E-state index contributed by atoms with van der Waals surface area (Å²) in [7, 11) is 1.18. The third-order valence-electron chi connectivity index (χ3n) is 5.51. The van der Waals surface area contributed by atoms with Gasteiger partial charge in [0, 0.05) is 5.57 Å². The van der Waals surface area contributed by atoms with Crippen LogP contribution < -0.4 is 0 Å². The number of carbonyl (C=O) groups is 4. The molecule has 0 amide bonds. The van der Waals surface area contributed by atoms with Crippen LogP contribution in [0.25, 0.3) is 0 Å². The average Bonchev–Trinajstić information content (AvgIpc) is 3.04. The van der Waals surface area contributed by atoms with E-state index in [1.807, 2.05) is 0 Å². The van der Waals surface area contributed by atoms with E-state index in [2.05, 4.69) is 6.58 Å². The fourth-order valence-corrected chi connectivity index (χ4v) is 3.59. The lowest BCUT2D eigenvalue weighted by Crippen LogP contribution is -2.47. The molecular formula is C24H32O9. The summed E-state index contributed by atoms with van der Waals surface area (Å²) in [5, 5.41) is 9.76. The summed E-state index contributed by atoms with van der Waals surface area (Å²) in [4.78, 5) is 50.5.